The predicted octanol–water partition coefficient (Wildman–Crippen LogP) is 3.33. The van der Waals surface area contributed by atoms with E-state index in [0.717, 1.165) is 61.7 Å². The van der Waals surface area contributed by atoms with Crippen LogP contribution in [0.3, 0.4) is 0 Å². The van der Waals surface area contributed by atoms with Gasteiger partial charge in [0.1, 0.15) is 11.6 Å². The van der Waals surface area contributed by atoms with E-state index in [1.54, 1.807) is 0 Å². The van der Waals surface area contributed by atoms with E-state index in [4.69, 9.17) is 0 Å². The van der Waals surface area contributed by atoms with Crippen LogP contribution in [0, 0.1) is 5.92 Å². The Labute approximate surface area is 189 Å². The third kappa shape index (κ3) is 3.93. The second-order valence-electron chi connectivity index (χ2n) is 9.45. The first kappa shape index (κ1) is 21.2. The number of anilines is 1. The highest BCUT2D eigenvalue weighted by Crippen LogP contribution is 2.32. The number of carbonyl (C=O) groups excluding carboxylic acids is 2. The van der Waals surface area contributed by atoms with Gasteiger partial charge in [0, 0.05) is 50.6 Å². The molecule has 0 N–H and O–H groups in total. The first-order valence-corrected chi connectivity index (χ1v) is 12.2. The van der Waals surface area contributed by atoms with Crippen LogP contribution in [0.1, 0.15) is 68.6 Å². The molecule has 2 unspecified atom stereocenters. The normalized spacial score (nSPS) is 23.8. The Morgan fingerprint density at radius 2 is 1.94 bits per heavy atom. The van der Waals surface area contributed by atoms with Crippen LogP contribution >= 0.6 is 0 Å². The molecule has 7 heteroatoms. The average Bonchev–Trinajstić information content (AvgIpc) is 3.34. The third-order valence-electron chi connectivity index (χ3n) is 7.37. The van der Waals surface area contributed by atoms with E-state index >= 15 is 0 Å². The van der Waals surface area contributed by atoms with Crippen molar-refractivity contribution in [2.45, 2.75) is 70.8 Å². The van der Waals surface area contributed by atoms with Gasteiger partial charge in [0.15, 0.2) is 0 Å². The van der Waals surface area contributed by atoms with Crippen molar-refractivity contribution in [1.82, 2.24) is 19.7 Å². The van der Waals surface area contributed by atoms with Gasteiger partial charge in [-0.2, -0.15) is 0 Å². The van der Waals surface area contributed by atoms with Gasteiger partial charge in [0.05, 0.1) is 5.92 Å². The summed E-state index contributed by atoms with van der Waals surface area (Å²) in [5.41, 5.74) is 2.11. The second kappa shape index (κ2) is 9.04. The number of piperidine rings is 1. The topological polar surface area (TPSA) is 71.3 Å². The number of rotatable bonds is 4. The Hall–Kier alpha value is -2.70. The van der Waals surface area contributed by atoms with Crippen LogP contribution in [0.25, 0.3) is 0 Å². The van der Waals surface area contributed by atoms with Crippen LogP contribution in [0.15, 0.2) is 24.3 Å². The highest BCUT2D eigenvalue weighted by atomic mass is 16.2. The maximum atomic E-state index is 13.4. The Kier molecular flexibility index (Phi) is 5.98. The molecule has 0 bridgehead atoms. The SMILES string of the molecule is CCc1ccccc1N1CC(C(=O)N2CCCC(c3nnc4n3CCCCC4)C2)CC1=O. The summed E-state index contributed by atoms with van der Waals surface area (Å²) in [4.78, 5) is 30.1. The lowest BCUT2D eigenvalue weighted by molar-refractivity contribution is -0.137. The molecule has 170 valence electrons. The fourth-order valence-corrected chi connectivity index (χ4v) is 5.63. The van der Waals surface area contributed by atoms with Crippen molar-refractivity contribution >= 4 is 17.5 Å². The van der Waals surface area contributed by atoms with Gasteiger partial charge in [-0.15, -0.1) is 10.2 Å². The molecule has 2 fully saturated rings. The van der Waals surface area contributed by atoms with Crippen LogP contribution in [-0.2, 0) is 29.0 Å². The average molecular weight is 436 g/mol. The number of hydrogen-bond acceptors (Lipinski definition) is 4. The molecular weight excluding hydrogens is 402 g/mol. The minimum atomic E-state index is -0.262. The highest BCUT2D eigenvalue weighted by molar-refractivity contribution is 6.00. The summed E-state index contributed by atoms with van der Waals surface area (Å²) in [6.07, 6.45) is 7.79. The number of para-hydroxylation sites is 1. The summed E-state index contributed by atoms with van der Waals surface area (Å²) >= 11 is 0. The number of amides is 2. The Balaban J connectivity index is 1.29. The van der Waals surface area contributed by atoms with Gasteiger partial charge in [-0.25, -0.2) is 0 Å². The molecule has 2 atom stereocenters. The van der Waals surface area contributed by atoms with Crippen LogP contribution in [0.5, 0.6) is 0 Å². The fraction of sp³-hybridized carbons (Fsp3) is 0.600. The smallest absolute Gasteiger partial charge is 0.228 e. The van der Waals surface area contributed by atoms with Gasteiger partial charge in [-0.3, -0.25) is 9.59 Å². The molecule has 7 nitrogen and oxygen atoms in total. The number of nitrogens with zero attached hydrogens (tertiary/aromatic N) is 5. The van der Waals surface area contributed by atoms with E-state index in [1.807, 2.05) is 28.0 Å². The van der Waals surface area contributed by atoms with Crippen LogP contribution < -0.4 is 4.90 Å². The van der Waals surface area contributed by atoms with Gasteiger partial charge < -0.3 is 14.4 Å². The zero-order chi connectivity index (χ0) is 22.1. The van der Waals surface area contributed by atoms with Gasteiger partial charge in [-0.05, 0) is 43.7 Å². The number of aryl methyl sites for hydroxylation is 2. The van der Waals surface area contributed by atoms with Crippen LogP contribution in [0.4, 0.5) is 5.69 Å². The standard InChI is InChI=1S/C25H33N5O2/c1-2-18-9-5-6-11-21(18)30-17-20(15-23(30)31)25(32)28-13-8-10-19(16-28)24-27-26-22-12-4-3-7-14-29(22)24/h5-6,9,11,19-20H,2-4,7-8,10,12-17H2,1H3. The van der Waals surface area contributed by atoms with E-state index in [0.29, 0.717) is 19.5 Å². The van der Waals surface area contributed by atoms with Crippen molar-refractivity contribution in [3.8, 4) is 0 Å². The minimum Gasteiger partial charge on any atom is -0.342 e. The van der Waals surface area contributed by atoms with Gasteiger partial charge >= 0.3 is 0 Å². The van der Waals surface area contributed by atoms with Gasteiger partial charge in [-0.1, -0.05) is 31.5 Å². The Morgan fingerprint density at radius 1 is 1.06 bits per heavy atom. The van der Waals surface area contributed by atoms with Crippen molar-refractivity contribution in [2.75, 3.05) is 24.5 Å². The van der Waals surface area contributed by atoms with E-state index in [1.165, 1.54) is 19.3 Å². The summed E-state index contributed by atoms with van der Waals surface area (Å²) in [6, 6.07) is 8.03. The summed E-state index contributed by atoms with van der Waals surface area (Å²) in [7, 11) is 0. The molecule has 0 saturated carbocycles. The molecule has 3 aliphatic rings. The molecule has 2 aromatic rings. The van der Waals surface area contributed by atoms with Crippen molar-refractivity contribution in [1.29, 1.82) is 0 Å². The van der Waals surface area contributed by atoms with Crippen LogP contribution in [-0.4, -0.2) is 51.1 Å². The largest absolute Gasteiger partial charge is 0.342 e. The number of fused-ring (bicyclic) bond motifs is 1. The van der Waals surface area contributed by atoms with E-state index in [9.17, 15) is 9.59 Å². The third-order valence-corrected chi connectivity index (χ3v) is 7.37. The number of likely N-dealkylation sites (tertiary alicyclic amines) is 1. The molecule has 0 radical (unpaired) electrons. The first-order valence-electron chi connectivity index (χ1n) is 12.2. The highest BCUT2D eigenvalue weighted by Gasteiger charge is 2.39. The fourth-order valence-electron chi connectivity index (χ4n) is 5.63. The molecular formula is C25H33N5O2. The molecule has 0 aliphatic carbocycles. The molecule has 4 heterocycles. The predicted molar refractivity (Wildman–Crippen MR) is 122 cm³/mol. The number of carbonyl (C=O) groups is 2. The zero-order valence-electron chi connectivity index (χ0n) is 19.0. The quantitative estimate of drug-likeness (QED) is 0.739. The summed E-state index contributed by atoms with van der Waals surface area (Å²) in [5, 5.41) is 9.02. The minimum absolute atomic E-state index is 0.0561. The molecule has 0 spiro atoms. The van der Waals surface area contributed by atoms with Crippen molar-refractivity contribution in [3.05, 3.63) is 41.5 Å². The first-order chi connectivity index (χ1) is 15.7. The number of benzene rings is 1. The summed E-state index contributed by atoms with van der Waals surface area (Å²) in [6.45, 7) is 5.03. The Morgan fingerprint density at radius 3 is 2.81 bits per heavy atom. The maximum Gasteiger partial charge on any atom is 0.228 e. The molecule has 3 aliphatic heterocycles. The number of hydrogen-bond donors (Lipinski definition) is 0. The van der Waals surface area contributed by atoms with Gasteiger partial charge in [0.25, 0.3) is 0 Å². The lowest BCUT2D eigenvalue weighted by Crippen LogP contribution is -2.43. The molecule has 2 saturated heterocycles. The lowest BCUT2D eigenvalue weighted by atomic mass is 9.95. The number of aromatic nitrogens is 3. The van der Waals surface area contributed by atoms with E-state index in [2.05, 4.69) is 27.8 Å². The molecule has 2 amide bonds. The Bertz CT molecular complexity index is 1000. The maximum absolute atomic E-state index is 13.4. The molecule has 1 aromatic carbocycles. The molecule has 32 heavy (non-hydrogen) atoms. The van der Waals surface area contributed by atoms with E-state index < -0.39 is 0 Å². The van der Waals surface area contributed by atoms with Crippen LogP contribution in [0.2, 0.25) is 0 Å². The monoisotopic (exact) mass is 435 g/mol. The summed E-state index contributed by atoms with van der Waals surface area (Å²) < 4.78 is 2.31. The zero-order valence-corrected chi connectivity index (χ0v) is 19.0. The van der Waals surface area contributed by atoms with Crippen molar-refractivity contribution in [3.63, 3.8) is 0 Å². The van der Waals surface area contributed by atoms with Gasteiger partial charge in [0.2, 0.25) is 11.8 Å². The lowest BCUT2D eigenvalue weighted by Gasteiger charge is -2.34. The summed E-state index contributed by atoms with van der Waals surface area (Å²) in [5.74, 6) is 2.31. The van der Waals surface area contributed by atoms with Crippen molar-refractivity contribution in [2.24, 2.45) is 5.92 Å². The molecule has 1 aromatic heterocycles. The van der Waals surface area contributed by atoms with E-state index in [-0.39, 0.29) is 23.7 Å². The van der Waals surface area contributed by atoms with Crippen molar-refractivity contribution < 1.29 is 9.59 Å². The molecule has 5 rings (SSSR count). The second-order valence-corrected chi connectivity index (χ2v) is 9.45.